The van der Waals surface area contributed by atoms with Gasteiger partial charge < -0.3 is 4.74 Å². The van der Waals surface area contributed by atoms with Gasteiger partial charge >= 0.3 is 5.97 Å². The molecule has 0 N–H and O–H groups in total. The zero-order valence-corrected chi connectivity index (χ0v) is 16.6. The Labute approximate surface area is 155 Å². The van der Waals surface area contributed by atoms with Crippen molar-refractivity contribution >= 4 is 21.8 Å². The minimum Gasteiger partial charge on any atom is -0.454 e. The van der Waals surface area contributed by atoms with Gasteiger partial charge in [-0.15, -0.1) is 0 Å². The molecule has 0 unspecified atom stereocenters. The molecule has 1 aromatic rings. The van der Waals surface area contributed by atoms with E-state index in [1.807, 2.05) is 6.92 Å². The summed E-state index contributed by atoms with van der Waals surface area (Å²) in [6.07, 6.45) is 2.74. The van der Waals surface area contributed by atoms with Crippen molar-refractivity contribution in [2.24, 2.45) is 5.41 Å². The number of Topliss-reactive ketones (excluding diaryl/α,β-unsaturated/α-hetero) is 1. The summed E-state index contributed by atoms with van der Waals surface area (Å²) in [5.74, 6) is -0.818. The van der Waals surface area contributed by atoms with Crippen LogP contribution in [0, 0.1) is 5.41 Å². The average Bonchev–Trinajstić information content (AvgIpc) is 2.58. The van der Waals surface area contributed by atoms with Crippen molar-refractivity contribution in [2.45, 2.75) is 57.9 Å². The van der Waals surface area contributed by atoms with Gasteiger partial charge in [0.25, 0.3) is 0 Å². The fraction of sp³-hybridized carbons (Fsp3) is 0.579. The molecule has 0 aliphatic carbocycles. The van der Waals surface area contributed by atoms with Crippen LogP contribution in [0.3, 0.4) is 0 Å². The topological polar surface area (TPSA) is 80.8 Å². The van der Waals surface area contributed by atoms with Gasteiger partial charge in [-0.1, -0.05) is 27.2 Å². The molecule has 0 bridgehead atoms. The quantitative estimate of drug-likeness (QED) is 0.733. The molecule has 0 radical (unpaired) electrons. The first kappa shape index (κ1) is 20.6. The second-order valence-corrected chi connectivity index (χ2v) is 9.62. The lowest BCUT2D eigenvalue weighted by Gasteiger charge is -2.32. The van der Waals surface area contributed by atoms with E-state index >= 15 is 0 Å². The molecule has 1 heterocycles. The summed E-state index contributed by atoms with van der Waals surface area (Å²) in [6.45, 7) is 7.39. The van der Waals surface area contributed by atoms with Crippen LogP contribution in [0.4, 0.5) is 0 Å². The van der Waals surface area contributed by atoms with Crippen molar-refractivity contribution < 1.29 is 22.7 Å². The minimum atomic E-state index is -3.57. The van der Waals surface area contributed by atoms with E-state index in [4.69, 9.17) is 4.74 Å². The molecule has 26 heavy (non-hydrogen) atoms. The Morgan fingerprint density at radius 1 is 1.15 bits per heavy atom. The van der Waals surface area contributed by atoms with Gasteiger partial charge in [0.05, 0.1) is 10.5 Å². The van der Waals surface area contributed by atoms with E-state index in [0.29, 0.717) is 6.54 Å². The van der Waals surface area contributed by atoms with Crippen molar-refractivity contribution in [3.8, 4) is 0 Å². The third-order valence-electron chi connectivity index (χ3n) is 4.61. The first-order valence-electron chi connectivity index (χ1n) is 8.86. The standard InChI is InChI=1S/C19H27NO5S/c1-14-7-5-6-12-20(14)26(23,24)16-10-8-15(9-11-16)18(22)25-13-17(21)19(2,3)4/h8-11,14H,5-7,12-13H2,1-4H3/t14-/m0/s1. The number of sulfonamides is 1. The Balaban J connectivity index is 2.07. The molecule has 1 aliphatic rings. The fourth-order valence-corrected chi connectivity index (χ4v) is 4.46. The number of piperidine rings is 1. The highest BCUT2D eigenvalue weighted by Crippen LogP contribution is 2.25. The largest absolute Gasteiger partial charge is 0.454 e. The van der Waals surface area contributed by atoms with E-state index < -0.39 is 21.4 Å². The number of esters is 1. The van der Waals surface area contributed by atoms with Crippen LogP contribution in [0.25, 0.3) is 0 Å². The van der Waals surface area contributed by atoms with E-state index in [0.717, 1.165) is 19.3 Å². The first-order chi connectivity index (χ1) is 12.0. The number of hydrogen-bond donors (Lipinski definition) is 0. The molecule has 0 amide bonds. The fourth-order valence-electron chi connectivity index (χ4n) is 2.76. The molecule has 2 rings (SSSR count). The molecule has 0 aromatic heterocycles. The summed E-state index contributed by atoms with van der Waals surface area (Å²) in [5, 5.41) is 0. The summed E-state index contributed by atoms with van der Waals surface area (Å²) in [7, 11) is -3.57. The Morgan fingerprint density at radius 3 is 2.31 bits per heavy atom. The second-order valence-electron chi connectivity index (χ2n) is 7.73. The summed E-state index contributed by atoms with van der Waals surface area (Å²) in [4.78, 5) is 24.0. The summed E-state index contributed by atoms with van der Waals surface area (Å²) < 4.78 is 32.1. The smallest absolute Gasteiger partial charge is 0.338 e. The molecule has 1 aromatic carbocycles. The number of rotatable bonds is 5. The van der Waals surface area contributed by atoms with E-state index in [1.54, 1.807) is 20.8 Å². The molecule has 144 valence electrons. The monoisotopic (exact) mass is 381 g/mol. The van der Waals surface area contributed by atoms with E-state index in [9.17, 15) is 18.0 Å². The van der Waals surface area contributed by atoms with E-state index in [1.165, 1.54) is 28.6 Å². The maximum atomic E-state index is 12.8. The van der Waals surface area contributed by atoms with Crippen LogP contribution < -0.4 is 0 Å². The van der Waals surface area contributed by atoms with E-state index in [2.05, 4.69) is 0 Å². The van der Waals surface area contributed by atoms with Crippen molar-refractivity contribution in [2.75, 3.05) is 13.2 Å². The molecule has 1 atom stereocenters. The predicted octanol–water partition coefficient (Wildman–Crippen LogP) is 3.02. The molecule has 1 fully saturated rings. The summed E-state index contributed by atoms with van der Waals surface area (Å²) in [5.41, 5.74) is -0.360. The van der Waals surface area contributed by atoms with Crippen molar-refractivity contribution in [3.05, 3.63) is 29.8 Å². The maximum absolute atomic E-state index is 12.8. The lowest BCUT2D eigenvalue weighted by Crippen LogP contribution is -2.41. The number of carbonyl (C=O) groups is 2. The minimum absolute atomic E-state index is 0.0261. The number of ketones is 1. The number of nitrogens with zero attached hydrogens (tertiary/aromatic N) is 1. The van der Waals surface area contributed by atoms with E-state index in [-0.39, 0.29) is 28.9 Å². The first-order valence-corrected chi connectivity index (χ1v) is 10.3. The van der Waals surface area contributed by atoms with Gasteiger partial charge in [0.1, 0.15) is 0 Å². The third kappa shape index (κ3) is 4.71. The van der Waals surface area contributed by atoms with Gasteiger partial charge in [-0.05, 0) is 44.0 Å². The van der Waals surface area contributed by atoms with Gasteiger partial charge in [0, 0.05) is 18.0 Å². The highest BCUT2D eigenvalue weighted by Gasteiger charge is 2.31. The van der Waals surface area contributed by atoms with Crippen LogP contribution in [0.15, 0.2) is 29.2 Å². The zero-order valence-electron chi connectivity index (χ0n) is 15.8. The molecular weight excluding hydrogens is 354 g/mol. The lowest BCUT2D eigenvalue weighted by molar-refractivity contribution is -0.129. The molecule has 0 spiro atoms. The van der Waals surface area contributed by atoms with Crippen molar-refractivity contribution in [3.63, 3.8) is 0 Å². The van der Waals surface area contributed by atoms with Gasteiger partial charge in [-0.25, -0.2) is 13.2 Å². The van der Waals surface area contributed by atoms with Gasteiger partial charge in [0.2, 0.25) is 10.0 Å². The number of benzene rings is 1. The molecule has 7 heteroatoms. The number of carbonyl (C=O) groups excluding carboxylic acids is 2. The molecular formula is C19H27NO5S. The van der Waals surface area contributed by atoms with Crippen molar-refractivity contribution in [1.82, 2.24) is 4.31 Å². The molecule has 1 saturated heterocycles. The van der Waals surface area contributed by atoms with Crippen LogP contribution in [0.1, 0.15) is 57.3 Å². The third-order valence-corrected chi connectivity index (χ3v) is 6.64. The van der Waals surface area contributed by atoms with Crippen molar-refractivity contribution in [1.29, 1.82) is 0 Å². The van der Waals surface area contributed by atoms with Gasteiger partial charge in [-0.3, -0.25) is 4.79 Å². The molecule has 6 nitrogen and oxygen atoms in total. The Bertz CT molecular complexity index is 762. The summed E-state index contributed by atoms with van der Waals surface area (Å²) >= 11 is 0. The Kier molecular flexibility index (Phi) is 6.24. The lowest BCUT2D eigenvalue weighted by atomic mass is 9.91. The van der Waals surface area contributed by atoms with Gasteiger partial charge in [-0.2, -0.15) is 4.31 Å². The van der Waals surface area contributed by atoms with Gasteiger partial charge in [0.15, 0.2) is 12.4 Å². The maximum Gasteiger partial charge on any atom is 0.338 e. The SMILES string of the molecule is C[C@H]1CCCCN1S(=O)(=O)c1ccc(C(=O)OCC(=O)C(C)(C)C)cc1. The second kappa shape index (κ2) is 7.88. The number of hydrogen-bond acceptors (Lipinski definition) is 5. The molecule has 1 aliphatic heterocycles. The molecule has 0 saturated carbocycles. The number of ether oxygens (including phenoxy) is 1. The highest BCUT2D eigenvalue weighted by molar-refractivity contribution is 7.89. The Morgan fingerprint density at radius 2 is 1.77 bits per heavy atom. The van der Waals surface area contributed by atoms with Crippen LogP contribution in [0.5, 0.6) is 0 Å². The highest BCUT2D eigenvalue weighted by atomic mass is 32.2. The van der Waals surface area contributed by atoms with Crippen LogP contribution >= 0.6 is 0 Å². The Hall–Kier alpha value is -1.73. The zero-order chi connectivity index (χ0) is 19.5. The summed E-state index contributed by atoms with van der Waals surface area (Å²) in [6, 6.07) is 5.65. The van der Waals surface area contributed by atoms with Crippen LogP contribution in [-0.2, 0) is 19.6 Å². The normalized spacial score (nSPS) is 19.2. The van der Waals surface area contributed by atoms with Crippen LogP contribution in [0.2, 0.25) is 0 Å². The average molecular weight is 381 g/mol. The van der Waals surface area contributed by atoms with Crippen LogP contribution in [-0.4, -0.2) is 43.7 Å². The predicted molar refractivity (Wildman–Crippen MR) is 98.4 cm³/mol.